The zero-order chi connectivity index (χ0) is 11.8. The number of pyridine rings is 1. The van der Waals surface area contributed by atoms with Crippen LogP contribution < -0.4 is 11.2 Å². The topological polar surface area (TPSA) is 95.7 Å². The van der Waals surface area contributed by atoms with Crippen molar-refractivity contribution >= 4 is 6.29 Å². The largest absolute Gasteiger partial charge is 0.325 e. The number of carbonyl (C=O) groups excluding carboxylic acids is 1. The number of rotatable bonds is 1. The van der Waals surface area contributed by atoms with E-state index in [2.05, 4.69) is 9.97 Å². The number of hydrogen-bond acceptors (Lipinski definition) is 4. The van der Waals surface area contributed by atoms with Gasteiger partial charge in [-0.3, -0.25) is 19.6 Å². The molecule has 6 heteroatoms. The zero-order valence-electron chi connectivity index (χ0n) is 8.21. The third-order valence-electron chi connectivity index (χ3n) is 1.51. The molecule has 0 aliphatic rings. The fourth-order valence-electron chi connectivity index (χ4n) is 0.828. The van der Waals surface area contributed by atoms with Crippen LogP contribution in [0.25, 0.3) is 0 Å². The number of aldehydes is 1. The Bertz CT molecular complexity index is 519. The van der Waals surface area contributed by atoms with Gasteiger partial charge in [0.2, 0.25) is 0 Å². The highest BCUT2D eigenvalue weighted by molar-refractivity contribution is 5.73. The summed E-state index contributed by atoms with van der Waals surface area (Å²) in [5, 5.41) is 0. The summed E-state index contributed by atoms with van der Waals surface area (Å²) >= 11 is 0. The fourth-order valence-corrected chi connectivity index (χ4v) is 0.828. The van der Waals surface area contributed by atoms with Crippen LogP contribution in [0.3, 0.4) is 0 Å². The molecule has 0 aromatic carbocycles. The standard InChI is InChI=1S/C6H5NO.C4H4N2O2/c8-5-6-2-1-3-7-4-6;7-3-1-2-5-4(8)6-3/h1-5H;1-2H,(H2,5,6,7,8). The van der Waals surface area contributed by atoms with E-state index >= 15 is 0 Å². The van der Waals surface area contributed by atoms with Crippen molar-refractivity contribution in [2.24, 2.45) is 0 Å². The maximum Gasteiger partial charge on any atom is 0.325 e. The van der Waals surface area contributed by atoms with Gasteiger partial charge in [0.15, 0.2) is 6.29 Å². The quantitative estimate of drug-likeness (QED) is 0.657. The van der Waals surface area contributed by atoms with Gasteiger partial charge in [-0.15, -0.1) is 0 Å². The highest BCUT2D eigenvalue weighted by atomic mass is 16.2. The first-order valence-corrected chi connectivity index (χ1v) is 4.35. The van der Waals surface area contributed by atoms with E-state index in [1.165, 1.54) is 18.5 Å². The SMILES string of the molecule is O=Cc1cccnc1.O=c1cc[nH]c(=O)[nH]1. The van der Waals surface area contributed by atoms with Crippen LogP contribution in [0.1, 0.15) is 10.4 Å². The van der Waals surface area contributed by atoms with Crippen molar-refractivity contribution in [1.82, 2.24) is 15.0 Å². The van der Waals surface area contributed by atoms with E-state index in [0.717, 1.165) is 6.29 Å². The molecule has 2 heterocycles. The smallest absolute Gasteiger partial charge is 0.314 e. The fraction of sp³-hybridized carbons (Fsp3) is 0. The van der Waals surface area contributed by atoms with Gasteiger partial charge in [-0.1, -0.05) is 0 Å². The van der Waals surface area contributed by atoms with Gasteiger partial charge in [-0.25, -0.2) is 4.79 Å². The molecule has 0 unspecified atom stereocenters. The molecule has 2 rings (SSSR count). The number of H-pyrrole nitrogens is 2. The van der Waals surface area contributed by atoms with E-state index in [-0.39, 0.29) is 5.56 Å². The van der Waals surface area contributed by atoms with E-state index in [1.807, 2.05) is 4.98 Å². The third-order valence-corrected chi connectivity index (χ3v) is 1.51. The molecule has 6 nitrogen and oxygen atoms in total. The summed E-state index contributed by atoms with van der Waals surface area (Å²) in [5.74, 6) is 0. The average Bonchev–Trinajstić information content (AvgIpc) is 2.31. The first-order valence-electron chi connectivity index (χ1n) is 4.35. The van der Waals surface area contributed by atoms with Crippen molar-refractivity contribution in [1.29, 1.82) is 0 Å². The number of aromatic amines is 2. The minimum atomic E-state index is -0.475. The highest BCUT2D eigenvalue weighted by Gasteiger charge is 1.81. The van der Waals surface area contributed by atoms with E-state index in [9.17, 15) is 14.4 Å². The summed E-state index contributed by atoms with van der Waals surface area (Å²) in [4.78, 5) is 38.3. The minimum absolute atomic E-state index is 0.381. The van der Waals surface area contributed by atoms with Gasteiger partial charge in [0.05, 0.1) is 0 Å². The molecular formula is C10H9N3O3. The Morgan fingerprint density at radius 3 is 2.44 bits per heavy atom. The Labute approximate surface area is 90.0 Å². The summed E-state index contributed by atoms with van der Waals surface area (Å²) in [5.41, 5.74) is -0.237. The molecule has 0 aliphatic heterocycles. The molecule has 0 atom stereocenters. The number of nitrogens with zero attached hydrogens (tertiary/aromatic N) is 1. The van der Waals surface area contributed by atoms with Crippen LogP contribution in [0.4, 0.5) is 0 Å². The number of aromatic nitrogens is 3. The second-order valence-electron chi connectivity index (χ2n) is 2.70. The Balaban J connectivity index is 0.000000160. The van der Waals surface area contributed by atoms with E-state index in [1.54, 1.807) is 18.3 Å². The lowest BCUT2D eigenvalue weighted by molar-refractivity contribution is 0.112. The summed E-state index contributed by atoms with van der Waals surface area (Å²) in [6, 6.07) is 4.67. The molecular weight excluding hydrogens is 210 g/mol. The molecule has 0 saturated heterocycles. The maximum absolute atomic E-state index is 10.2. The van der Waals surface area contributed by atoms with Crippen LogP contribution >= 0.6 is 0 Å². The summed E-state index contributed by atoms with van der Waals surface area (Å²) in [6.45, 7) is 0. The van der Waals surface area contributed by atoms with Crippen LogP contribution in [0, 0.1) is 0 Å². The lowest BCUT2D eigenvalue weighted by Gasteiger charge is -1.81. The third kappa shape index (κ3) is 4.14. The van der Waals surface area contributed by atoms with Crippen LogP contribution in [-0.2, 0) is 0 Å². The van der Waals surface area contributed by atoms with E-state index < -0.39 is 5.69 Å². The predicted molar refractivity (Wildman–Crippen MR) is 57.3 cm³/mol. The molecule has 2 N–H and O–H groups in total. The maximum atomic E-state index is 10.2. The number of carbonyl (C=O) groups is 1. The van der Waals surface area contributed by atoms with E-state index in [0.29, 0.717) is 5.56 Å². The van der Waals surface area contributed by atoms with Crippen molar-refractivity contribution in [3.8, 4) is 0 Å². The monoisotopic (exact) mass is 219 g/mol. The first kappa shape index (κ1) is 11.6. The number of hydrogen-bond donors (Lipinski definition) is 2. The average molecular weight is 219 g/mol. The van der Waals surface area contributed by atoms with Gasteiger partial charge >= 0.3 is 5.69 Å². The molecule has 0 saturated carbocycles. The van der Waals surface area contributed by atoms with Gasteiger partial charge in [0.25, 0.3) is 5.56 Å². The zero-order valence-corrected chi connectivity index (χ0v) is 8.21. The normalized spacial score (nSPS) is 8.75. The molecule has 2 aromatic heterocycles. The van der Waals surface area contributed by atoms with Crippen LogP contribution in [0.5, 0.6) is 0 Å². The number of nitrogens with one attached hydrogen (secondary N) is 2. The second-order valence-corrected chi connectivity index (χ2v) is 2.70. The lowest BCUT2D eigenvalue weighted by atomic mass is 10.3. The van der Waals surface area contributed by atoms with Crippen molar-refractivity contribution in [2.75, 3.05) is 0 Å². The molecule has 82 valence electrons. The summed E-state index contributed by atoms with van der Waals surface area (Å²) in [6.07, 6.45) is 5.22. The van der Waals surface area contributed by atoms with E-state index in [4.69, 9.17) is 0 Å². The predicted octanol–water partition coefficient (Wildman–Crippen LogP) is -0.0427. The van der Waals surface area contributed by atoms with Crippen molar-refractivity contribution in [2.45, 2.75) is 0 Å². The minimum Gasteiger partial charge on any atom is -0.314 e. The van der Waals surface area contributed by atoms with Gasteiger partial charge < -0.3 is 4.98 Å². The Morgan fingerprint density at radius 2 is 2.06 bits per heavy atom. The molecule has 0 aliphatic carbocycles. The van der Waals surface area contributed by atoms with Gasteiger partial charge in [-0.05, 0) is 12.1 Å². The molecule has 2 aromatic rings. The van der Waals surface area contributed by atoms with Gasteiger partial charge in [0, 0.05) is 30.2 Å². The lowest BCUT2D eigenvalue weighted by Crippen LogP contribution is -2.19. The van der Waals surface area contributed by atoms with Gasteiger partial charge in [0.1, 0.15) is 0 Å². The van der Waals surface area contributed by atoms with Crippen molar-refractivity contribution in [3.05, 3.63) is 63.2 Å². The Morgan fingerprint density at radius 1 is 1.25 bits per heavy atom. The highest BCUT2D eigenvalue weighted by Crippen LogP contribution is 1.87. The summed E-state index contributed by atoms with van der Waals surface area (Å²) < 4.78 is 0. The summed E-state index contributed by atoms with van der Waals surface area (Å²) in [7, 11) is 0. The Kier molecular flexibility index (Phi) is 4.39. The molecule has 0 radical (unpaired) electrons. The molecule has 0 amide bonds. The van der Waals surface area contributed by atoms with Crippen LogP contribution in [-0.4, -0.2) is 21.2 Å². The second kappa shape index (κ2) is 6.07. The van der Waals surface area contributed by atoms with Crippen LogP contribution in [0.15, 0.2) is 46.4 Å². The van der Waals surface area contributed by atoms with Gasteiger partial charge in [-0.2, -0.15) is 0 Å². The van der Waals surface area contributed by atoms with Crippen molar-refractivity contribution < 1.29 is 4.79 Å². The Hall–Kier alpha value is -2.50. The molecule has 16 heavy (non-hydrogen) atoms. The molecule has 0 fully saturated rings. The van der Waals surface area contributed by atoms with Crippen LogP contribution in [0.2, 0.25) is 0 Å². The molecule has 0 spiro atoms. The molecule has 0 bridgehead atoms. The van der Waals surface area contributed by atoms with Crippen molar-refractivity contribution in [3.63, 3.8) is 0 Å². The first-order chi connectivity index (χ1) is 7.72.